The topological polar surface area (TPSA) is 88.9 Å². The Balaban J connectivity index is 1.60. The molecule has 2 aromatic carbocycles. The van der Waals surface area contributed by atoms with Gasteiger partial charge in [-0.2, -0.15) is 0 Å². The van der Waals surface area contributed by atoms with Crippen molar-refractivity contribution < 1.29 is 9.59 Å². The van der Waals surface area contributed by atoms with Gasteiger partial charge in [-0.1, -0.05) is 39.3 Å². The largest absolute Gasteiger partial charge is 0.342 e. The molecule has 0 aliphatic heterocycles. The van der Waals surface area contributed by atoms with Crippen LogP contribution in [0.25, 0.3) is 0 Å². The minimum atomic E-state index is -0.369. The lowest BCUT2D eigenvalue weighted by atomic mass is 10.1. The Hall–Kier alpha value is -2.36. The lowest BCUT2D eigenvalue weighted by molar-refractivity contribution is -0.113. The predicted octanol–water partition coefficient (Wildman–Crippen LogP) is 5.07. The Morgan fingerprint density at radius 1 is 1.16 bits per heavy atom. The van der Waals surface area contributed by atoms with E-state index in [9.17, 15) is 9.59 Å². The number of rotatable bonds is 7. The fourth-order valence-electron chi connectivity index (χ4n) is 3.19. The van der Waals surface area contributed by atoms with Crippen molar-refractivity contribution in [2.45, 2.75) is 32.0 Å². The van der Waals surface area contributed by atoms with Crippen LogP contribution in [0.15, 0.2) is 46.0 Å². The second kappa shape index (κ2) is 10.5. The summed E-state index contributed by atoms with van der Waals surface area (Å²) in [7, 11) is 1.81. The molecule has 0 saturated carbocycles. The number of aryl methyl sites for hydroxylation is 2. The molecule has 0 radical (unpaired) electrons. The molecular formula is C22H23BrClN5O2S. The van der Waals surface area contributed by atoms with Crippen molar-refractivity contribution in [3.05, 3.63) is 68.4 Å². The summed E-state index contributed by atoms with van der Waals surface area (Å²) in [6.07, 6.45) is 0. The van der Waals surface area contributed by atoms with E-state index in [1.54, 1.807) is 28.8 Å². The Kier molecular flexibility index (Phi) is 7.97. The number of halogens is 2. The first kappa shape index (κ1) is 24.3. The van der Waals surface area contributed by atoms with Gasteiger partial charge in [-0.25, -0.2) is 0 Å². The van der Waals surface area contributed by atoms with Crippen LogP contribution in [0.3, 0.4) is 0 Å². The summed E-state index contributed by atoms with van der Waals surface area (Å²) in [5.74, 6) is 0.421. The van der Waals surface area contributed by atoms with Gasteiger partial charge < -0.3 is 15.2 Å². The number of hydrogen-bond donors (Lipinski definition) is 2. The van der Waals surface area contributed by atoms with Crippen molar-refractivity contribution in [3.8, 4) is 0 Å². The van der Waals surface area contributed by atoms with Gasteiger partial charge in [0.1, 0.15) is 0 Å². The molecule has 0 spiro atoms. The van der Waals surface area contributed by atoms with Gasteiger partial charge in [-0.05, 0) is 68.3 Å². The first-order valence-electron chi connectivity index (χ1n) is 9.80. The second-order valence-corrected chi connectivity index (χ2v) is 9.65. The van der Waals surface area contributed by atoms with Crippen molar-refractivity contribution >= 4 is 56.8 Å². The maximum atomic E-state index is 12.5. The molecule has 0 fully saturated rings. The van der Waals surface area contributed by atoms with Crippen LogP contribution in [0.2, 0.25) is 5.02 Å². The number of amides is 2. The van der Waals surface area contributed by atoms with Gasteiger partial charge in [0.15, 0.2) is 11.0 Å². The molecule has 1 heterocycles. The van der Waals surface area contributed by atoms with Crippen LogP contribution in [0.1, 0.15) is 40.3 Å². The van der Waals surface area contributed by atoms with Gasteiger partial charge in [-0.15, -0.1) is 10.2 Å². The summed E-state index contributed by atoms with van der Waals surface area (Å²) >= 11 is 10.6. The predicted molar refractivity (Wildman–Crippen MR) is 131 cm³/mol. The zero-order valence-electron chi connectivity index (χ0n) is 18.1. The summed E-state index contributed by atoms with van der Waals surface area (Å²) in [4.78, 5) is 24.9. The third-order valence-electron chi connectivity index (χ3n) is 4.80. The number of benzene rings is 2. The van der Waals surface area contributed by atoms with Gasteiger partial charge in [0.25, 0.3) is 5.91 Å². The Morgan fingerprint density at radius 3 is 2.41 bits per heavy atom. The molecule has 3 rings (SSSR count). The lowest BCUT2D eigenvalue weighted by Gasteiger charge is -2.14. The summed E-state index contributed by atoms with van der Waals surface area (Å²) in [5, 5.41) is 15.4. The van der Waals surface area contributed by atoms with Crippen LogP contribution in [-0.2, 0) is 11.8 Å². The normalized spacial score (nSPS) is 11.8. The molecule has 2 amide bonds. The summed E-state index contributed by atoms with van der Waals surface area (Å²) in [6, 6.07) is 10.2. The molecule has 2 N–H and O–H groups in total. The van der Waals surface area contributed by atoms with Crippen molar-refractivity contribution in [1.29, 1.82) is 0 Å². The molecule has 0 aliphatic carbocycles. The average Bonchev–Trinajstić information content (AvgIpc) is 3.10. The minimum absolute atomic E-state index is 0.128. The Labute approximate surface area is 204 Å². The molecule has 0 unspecified atom stereocenters. The van der Waals surface area contributed by atoms with Crippen molar-refractivity contribution in [2.24, 2.45) is 7.05 Å². The molecule has 1 atom stereocenters. The number of anilines is 1. The maximum Gasteiger partial charge on any atom is 0.251 e. The van der Waals surface area contributed by atoms with Gasteiger partial charge in [0.2, 0.25) is 5.91 Å². The first-order chi connectivity index (χ1) is 15.2. The molecule has 0 saturated heterocycles. The van der Waals surface area contributed by atoms with E-state index in [4.69, 9.17) is 11.6 Å². The number of aromatic nitrogens is 3. The number of nitrogens with one attached hydrogen (secondary N) is 2. The van der Waals surface area contributed by atoms with Gasteiger partial charge >= 0.3 is 0 Å². The number of carbonyl (C=O) groups is 2. The van der Waals surface area contributed by atoms with E-state index >= 15 is 0 Å². The highest BCUT2D eigenvalue weighted by molar-refractivity contribution is 9.10. The smallest absolute Gasteiger partial charge is 0.251 e. The zero-order valence-corrected chi connectivity index (χ0v) is 21.2. The van der Waals surface area contributed by atoms with Crippen molar-refractivity contribution in [2.75, 3.05) is 11.1 Å². The van der Waals surface area contributed by atoms with Crippen LogP contribution in [0, 0.1) is 13.8 Å². The molecular weight excluding hydrogens is 514 g/mol. The lowest BCUT2D eigenvalue weighted by Crippen LogP contribution is -2.28. The van der Waals surface area contributed by atoms with Crippen LogP contribution in [-0.4, -0.2) is 32.3 Å². The van der Waals surface area contributed by atoms with E-state index in [1.165, 1.54) is 11.8 Å². The maximum absolute atomic E-state index is 12.5. The highest BCUT2D eigenvalue weighted by Gasteiger charge is 2.19. The van der Waals surface area contributed by atoms with Crippen molar-refractivity contribution in [1.82, 2.24) is 20.1 Å². The monoisotopic (exact) mass is 535 g/mol. The average molecular weight is 537 g/mol. The molecule has 1 aromatic heterocycles. The van der Waals surface area contributed by atoms with E-state index in [0.29, 0.717) is 21.6 Å². The first-order valence-corrected chi connectivity index (χ1v) is 12.0. The number of nitrogens with zero attached hydrogens (tertiary/aromatic N) is 3. The third-order valence-corrected chi connectivity index (χ3v) is 6.53. The summed E-state index contributed by atoms with van der Waals surface area (Å²) < 4.78 is 2.75. The third kappa shape index (κ3) is 5.90. The second-order valence-electron chi connectivity index (χ2n) is 7.35. The summed E-state index contributed by atoms with van der Waals surface area (Å²) in [5.41, 5.74) is 3.30. The highest BCUT2D eigenvalue weighted by Crippen LogP contribution is 2.26. The van der Waals surface area contributed by atoms with Gasteiger partial charge in [-0.3, -0.25) is 9.59 Å². The van der Waals surface area contributed by atoms with E-state index in [1.807, 2.05) is 40.0 Å². The van der Waals surface area contributed by atoms with Crippen LogP contribution >= 0.6 is 39.3 Å². The van der Waals surface area contributed by atoms with Gasteiger partial charge in [0, 0.05) is 27.8 Å². The molecule has 168 valence electrons. The number of thioether (sulfide) groups is 1. The van der Waals surface area contributed by atoms with E-state index in [0.717, 1.165) is 21.3 Å². The molecule has 32 heavy (non-hydrogen) atoms. The van der Waals surface area contributed by atoms with E-state index in [2.05, 4.69) is 36.8 Å². The standard InChI is InChI=1S/C22H23BrClN5O2S/c1-12-9-16(23)10-13(2)19(12)26-18(30)11-32-22-28-27-20(29(22)4)14(3)25-21(31)15-5-7-17(24)8-6-15/h5-10,14H,11H2,1-4H3,(H,25,31)(H,26,30)/t14-/m1/s1. The Morgan fingerprint density at radius 2 is 1.78 bits per heavy atom. The highest BCUT2D eigenvalue weighted by atomic mass is 79.9. The molecule has 3 aromatic rings. The number of hydrogen-bond acceptors (Lipinski definition) is 5. The fraction of sp³-hybridized carbons (Fsp3) is 0.273. The SMILES string of the molecule is Cc1cc(Br)cc(C)c1NC(=O)CSc1nnc([C@@H](C)NC(=O)c2ccc(Cl)cc2)n1C. The summed E-state index contributed by atoms with van der Waals surface area (Å²) in [6.45, 7) is 5.74. The minimum Gasteiger partial charge on any atom is -0.342 e. The van der Waals surface area contributed by atoms with Crippen LogP contribution in [0.4, 0.5) is 5.69 Å². The van der Waals surface area contributed by atoms with Crippen LogP contribution < -0.4 is 10.6 Å². The van der Waals surface area contributed by atoms with Gasteiger partial charge in [0.05, 0.1) is 11.8 Å². The van der Waals surface area contributed by atoms with E-state index in [-0.39, 0.29) is 23.6 Å². The molecule has 7 nitrogen and oxygen atoms in total. The quantitative estimate of drug-likeness (QED) is 0.412. The molecule has 0 aliphatic rings. The fourth-order valence-corrected chi connectivity index (χ4v) is 4.72. The van der Waals surface area contributed by atoms with Crippen LogP contribution in [0.5, 0.6) is 0 Å². The van der Waals surface area contributed by atoms with E-state index < -0.39 is 0 Å². The van der Waals surface area contributed by atoms with Crippen molar-refractivity contribution in [3.63, 3.8) is 0 Å². The number of carbonyl (C=O) groups excluding carboxylic acids is 2. The Bertz CT molecular complexity index is 1130. The molecule has 10 heteroatoms. The zero-order chi connectivity index (χ0) is 23.4. The molecule has 0 bridgehead atoms.